The molecule has 1 saturated heterocycles. The summed E-state index contributed by atoms with van der Waals surface area (Å²) in [5.41, 5.74) is 3.21. The van der Waals surface area contributed by atoms with E-state index in [1.807, 2.05) is 26.0 Å². The maximum Gasteiger partial charge on any atom is 0.257 e. The molecule has 2 N–H and O–H groups in total. The number of benzene rings is 2. The lowest BCUT2D eigenvalue weighted by Crippen LogP contribution is -2.45. The van der Waals surface area contributed by atoms with Gasteiger partial charge in [0.05, 0.1) is 24.3 Å². The van der Waals surface area contributed by atoms with E-state index in [4.69, 9.17) is 9.47 Å². The number of carbonyl (C=O) groups is 1. The first-order valence-electron chi connectivity index (χ1n) is 14.0. The van der Waals surface area contributed by atoms with Gasteiger partial charge in [-0.3, -0.25) is 9.69 Å². The van der Waals surface area contributed by atoms with Gasteiger partial charge in [0.2, 0.25) is 0 Å². The van der Waals surface area contributed by atoms with Crippen molar-refractivity contribution in [1.82, 2.24) is 14.7 Å². The third-order valence-corrected chi connectivity index (χ3v) is 7.75. The number of piperidine rings is 1. The van der Waals surface area contributed by atoms with Crippen LogP contribution in [-0.4, -0.2) is 101 Å². The molecule has 3 heterocycles. The zero-order valence-electron chi connectivity index (χ0n) is 22.6. The highest BCUT2D eigenvalue weighted by molar-refractivity contribution is 5.97. The summed E-state index contributed by atoms with van der Waals surface area (Å²) >= 11 is 0. The van der Waals surface area contributed by atoms with Crippen molar-refractivity contribution < 1.29 is 24.5 Å². The van der Waals surface area contributed by atoms with Crippen LogP contribution < -0.4 is 9.47 Å². The number of amides is 1. The van der Waals surface area contributed by atoms with E-state index in [2.05, 4.69) is 34.1 Å². The normalized spacial score (nSPS) is 22.7. The molecule has 3 aliphatic heterocycles. The van der Waals surface area contributed by atoms with Crippen molar-refractivity contribution in [3.05, 3.63) is 59.2 Å². The SMILES string of the molecule is C[C@H](O)CN1CCC(Oc2ccc3c(c2)O[C@H](C)CN(CC(O)CN2CCc4ccccc4C2)C3=O)CC1. The molecule has 0 spiro atoms. The van der Waals surface area contributed by atoms with E-state index in [0.29, 0.717) is 36.7 Å². The van der Waals surface area contributed by atoms with E-state index in [9.17, 15) is 15.0 Å². The molecule has 0 aliphatic carbocycles. The number of likely N-dealkylation sites (tertiary alicyclic amines) is 1. The van der Waals surface area contributed by atoms with Gasteiger partial charge >= 0.3 is 0 Å². The first kappa shape index (κ1) is 26.9. The quantitative estimate of drug-likeness (QED) is 0.550. The topological polar surface area (TPSA) is 85.7 Å². The average Bonchev–Trinajstić information content (AvgIpc) is 2.99. The van der Waals surface area contributed by atoms with Crippen LogP contribution in [0.4, 0.5) is 0 Å². The number of hydrogen-bond donors (Lipinski definition) is 2. The highest BCUT2D eigenvalue weighted by Gasteiger charge is 2.30. The highest BCUT2D eigenvalue weighted by Crippen LogP contribution is 2.31. The molecule has 0 saturated carbocycles. The number of ether oxygens (including phenoxy) is 2. The van der Waals surface area contributed by atoms with Gasteiger partial charge in [-0.1, -0.05) is 24.3 Å². The lowest BCUT2D eigenvalue weighted by Gasteiger charge is -2.32. The molecule has 5 rings (SSSR count). The molecule has 2 aromatic rings. The molecule has 1 unspecified atom stereocenters. The maximum absolute atomic E-state index is 13.5. The van der Waals surface area contributed by atoms with Crippen molar-refractivity contribution >= 4 is 5.91 Å². The molecule has 38 heavy (non-hydrogen) atoms. The Bertz CT molecular complexity index is 1100. The molecule has 3 atom stereocenters. The zero-order valence-corrected chi connectivity index (χ0v) is 22.6. The molecule has 3 aliphatic rings. The predicted octanol–water partition coefficient (Wildman–Crippen LogP) is 2.55. The monoisotopic (exact) mass is 523 g/mol. The molecule has 206 valence electrons. The van der Waals surface area contributed by atoms with Crippen LogP contribution in [0.25, 0.3) is 0 Å². The summed E-state index contributed by atoms with van der Waals surface area (Å²) in [7, 11) is 0. The summed E-state index contributed by atoms with van der Waals surface area (Å²) in [6, 6.07) is 13.9. The van der Waals surface area contributed by atoms with Gasteiger partial charge < -0.3 is 29.5 Å². The van der Waals surface area contributed by atoms with E-state index in [-0.39, 0.29) is 30.8 Å². The van der Waals surface area contributed by atoms with E-state index >= 15 is 0 Å². The molecular weight excluding hydrogens is 482 g/mol. The minimum atomic E-state index is -0.639. The van der Waals surface area contributed by atoms with Gasteiger partial charge in [0.25, 0.3) is 5.91 Å². The largest absolute Gasteiger partial charge is 0.490 e. The minimum absolute atomic E-state index is 0.102. The van der Waals surface area contributed by atoms with Gasteiger partial charge in [-0.05, 0) is 56.4 Å². The van der Waals surface area contributed by atoms with E-state index < -0.39 is 6.10 Å². The molecule has 8 heteroatoms. The first-order chi connectivity index (χ1) is 18.3. The lowest BCUT2D eigenvalue weighted by molar-refractivity contribution is 0.0454. The second-order valence-electron chi connectivity index (χ2n) is 11.2. The number of fused-ring (bicyclic) bond motifs is 2. The fourth-order valence-electron chi connectivity index (χ4n) is 5.92. The first-order valence-corrected chi connectivity index (χ1v) is 14.0. The molecule has 0 aromatic heterocycles. The number of nitrogens with zero attached hydrogens (tertiary/aromatic N) is 3. The van der Waals surface area contributed by atoms with Gasteiger partial charge in [-0.2, -0.15) is 0 Å². The smallest absolute Gasteiger partial charge is 0.257 e. The maximum atomic E-state index is 13.5. The Morgan fingerprint density at radius 2 is 1.76 bits per heavy atom. The van der Waals surface area contributed by atoms with Crippen LogP contribution in [0.2, 0.25) is 0 Å². The van der Waals surface area contributed by atoms with Crippen LogP contribution in [0.1, 0.15) is 48.2 Å². The number of β-amino-alcohol motifs (C(OH)–C–C–N with tert-alkyl or cyclic N) is 2. The second-order valence-corrected chi connectivity index (χ2v) is 11.2. The van der Waals surface area contributed by atoms with Crippen molar-refractivity contribution in [2.75, 3.05) is 45.8 Å². The standard InChI is InChI=1S/C30H41N3O5/c1-21(34)16-31-13-10-26(11-14-31)38-27-7-8-28-29(15-27)37-22(2)17-33(30(28)36)20-25(35)19-32-12-9-23-5-3-4-6-24(23)18-32/h3-8,15,21-22,25-26,34-35H,9-14,16-20H2,1-2H3/t21-,22+,25?/m0/s1. The molecule has 1 amide bonds. The van der Waals surface area contributed by atoms with Gasteiger partial charge in [-0.15, -0.1) is 0 Å². The Balaban J connectivity index is 1.18. The third-order valence-electron chi connectivity index (χ3n) is 7.75. The number of hydrogen-bond acceptors (Lipinski definition) is 7. The number of aliphatic hydroxyl groups is 2. The van der Waals surface area contributed by atoms with Crippen LogP contribution in [-0.2, 0) is 13.0 Å². The Hall–Kier alpha value is -2.65. The van der Waals surface area contributed by atoms with E-state index in [0.717, 1.165) is 45.4 Å². The van der Waals surface area contributed by atoms with Crippen LogP contribution in [0.3, 0.4) is 0 Å². The Kier molecular flexibility index (Phi) is 8.53. The summed E-state index contributed by atoms with van der Waals surface area (Å²) in [5, 5.41) is 20.5. The molecule has 8 nitrogen and oxygen atoms in total. The summed E-state index contributed by atoms with van der Waals surface area (Å²) in [6.45, 7) is 9.21. The molecule has 2 aromatic carbocycles. The number of carbonyl (C=O) groups excluding carboxylic acids is 1. The van der Waals surface area contributed by atoms with Crippen LogP contribution in [0.15, 0.2) is 42.5 Å². The molecule has 0 bridgehead atoms. The Labute approximate surface area is 225 Å². The Morgan fingerprint density at radius 3 is 2.53 bits per heavy atom. The van der Waals surface area contributed by atoms with Crippen LogP contribution in [0, 0.1) is 0 Å². The Morgan fingerprint density at radius 1 is 1.00 bits per heavy atom. The lowest BCUT2D eigenvalue weighted by atomic mass is 10.00. The summed E-state index contributed by atoms with van der Waals surface area (Å²) < 4.78 is 12.4. The van der Waals surface area contributed by atoms with Gasteiger partial charge in [0.15, 0.2) is 0 Å². The van der Waals surface area contributed by atoms with Crippen molar-refractivity contribution in [3.8, 4) is 11.5 Å². The minimum Gasteiger partial charge on any atom is -0.490 e. The second kappa shape index (κ2) is 12.0. The highest BCUT2D eigenvalue weighted by atomic mass is 16.5. The average molecular weight is 524 g/mol. The summed E-state index contributed by atoms with van der Waals surface area (Å²) in [6.07, 6.45) is 1.72. The summed E-state index contributed by atoms with van der Waals surface area (Å²) in [4.78, 5) is 19.7. The van der Waals surface area contributed by atoms with E-state index in [1.54, 1.807) is 11.0 Å². The summed E-state index contributed by atoms with van der Waals surface area (Å²) in [5.74, 6) is 1.12. The molecule has 0 radical (unpaired) electrons. The fraction of sp³-hybridized carbons (Fsp3) is 0.567. The van der Waals surface area contributed by atoms with E-state index in [1.165, 1.54) is 11.1 Å². The fourth-order valence-corrected chi connectivity index (χ4v) is 5.92. The van der Waals surface area contributed by atoms with Crippen molar-refractivity contribution in [2.24, 2.45) is 0 Å². The number of aliphatic hydroxyl groups excluding tert-OH is 2. The molecular formula is C30H41N3O5. The van der Waals surface area contributed by atoms with Crippen LogP contribution in [0.5, 0.6) is 11.5 Å². The van der Waals surface area contributed by atoms with Crippen molar-refractivity contribution in [3.63, 3.8) is 0 Å². The molecule has 1 fully saturated rings. The van der Waals surface area contributed by atoms with Gasteiger partial charge in [0, 0.05) is 51.9 Å². The zero-order chi connectivity index (χ0) is 26.6. The number of rotatable bonds is 8. The van der Waals surface area contributed by atoms with Crippen molar-refractivity contribution in [1.29, 1.82) is 0 Å². The van der Waals surface area contributed by atoms with Gasteiger partial charge in [-0.25, -0.2) is 0 Å². The van der Waals surface area contributed by atoms with Crippen molar-refractivity contribution in [2.45, 2.75) is 64.1 Å². The van der Waals surface area contributed by atoms with Gasteiger partial charge in [0.1, 0.15) is 23.7 Å². The predicted molar refractivity (Wildman–Crippen MR) is 146 cm³/mol. The van der Waals surface area contributed by atoms with Crippen LogP contribution >= 0.6 is 0 Å². The third kappa shape index (κ3) is 6.67.